The Morgan fingerprint density at radius 1 is 1.38 bits per heavy atom. The first-order chi connectivity index (χ1) is 10.2. The maximum absolute atomic E-state index is 12.4. The highest BCUT2D eigenvalue weighted by Crippen LogP contribution is 2.30. The number of amides is 1. The second-order valence-electron chi connectivity index (χ2n) is 5.43. The maximum Gasteiger partial charge on any atom is 0.255 e. The predicted molar refractivity (Wildman–Crippen MR) is 82.1 cm³/mol. The molecule has 5 heteroatoms. The normalized spacial score (nSPS) is 21.7. The lowest BCUT2D eigenvalue weighted by Crippen LogP contribution is -2.47. The van der Waals surface area contributed by atoms with E-state index < -0.39 is 0 Å². The monoisotopic (exact) mass is 292 g/mol. The zero-order valence-electron chi connectivity index (χ0n) is 12.9. The van der Waals surface area contributed by atoms with Gasteiger partial charge < -0.3 is 20.1 Å². The molecule has 2 atom stereocenters. The number of hydrogen-bond acceptors (Lipinski definition) is 4. The number of hydrogen-bond donors (Lipinski definition) is 2. The molecule has 1 aromatic rings. The van der Waals surface area contributed by atoms with E-state index in [-0.39, 0.29) is 5.91 Å². The van der Waals surface area contributed by atoms with Crippen LogP contribution in [0.3, 0.4) is 0 Å². The summed E-state index contributed by atoms with van der Waals surface area (Å²) in [5.41, 5.74) is 0.500. The largest absolute Gasteiger partial charge is 0.493 e. The van der Waals surface area contributed by atoms with E-state index in [2.05, 4.69) is 17.6 Å². The third kappa shape index (κ3) is 3.67. The first kappa shape index (κ1) is 15.6. The molecule has 5 nitrogen and oxygen atoms in total. The van der Waals surface area contributed by atoms with Gasteiger partial charge >= 0.3 is 0 Å². The summed E-state index contributed by atoms with van der Waals surface area (Å²) < 4.78 is 10.5. The van der Waals surface area contributed by atoms with E-state index in [0.29, 0.717) is 35.6 Å². The Morgan fingerprint density at radius 3 is 2.86 bits per heavy atom. The minimum absolute atomic E-state index is 0.134. The van der Waals surface area contributed by atoms with Gasteiger partial charge in [-0.15, -0.1) is 0 Å². The number of piperidine rings is 1. The Kier molecular flexibility index (Phi) is 5.44. The Hall–Kier alpha value is -1.75. The fourth-order valence-corrected chi connectivity index (χ4v) is 2.75. The second-order valence-corrected chi connectivity index (χ2v) is 5.43. The highest BCUT2D eigenvalue weighted by Gasteiger charge is 2.22. The number of carbonyl (C=O) groups is 1. The Labute approximate surface area is 126 Å². The van der Waals surface area contributed by atoms with E-state index in [1.165, 1.54) is 12.8 Å². The highest BCUT2D eigenvalue weighted by molar-refractivity contribution is 5.97. The minimum atomic E-state index is -0.134. The molecule has 1 aromatic carbocycles. The van der Waals surface area contributed by atoms with Crippen molar-refractivity contribution in [3.05, 3.63) is 23.8 Å². The molecule has 0 saturated carbocycles. The molecule has 116 valence electrons. The minimum Gasteiger partial charge on any atom is -0.493 e. The fraction of sp³-hybridized carbons (Fsp3) is 0.562. The van der Waals surface area contributed by atoms with Crippen LogP contribution in [0.15, 0.2) is 18.2 Å². The van der Waals surface area contributed by atoms with Crippen molar-refractivity contribution in [2.75, 3.05) is 27.3 Å². The Bertz CT molecular complexity index is 490. The zero-order chi connectivity index (χ0) is 15.2. The number of para-hydroxylation sites is 1. The Morgan fingerprint density at radius 2 is 2.19 bits per heavy atom. The van der Waals surface area contributed by atoms with Gasteiger partial charge in [-0.3, -0.25) is 4.79 Å². The Balaban J connectivity index is 2.03. The third-order valence-corrected chi connectivity index (χ3v) is 4.06. The van der Waals surface area contributed by atoms with Crippen molar-refractivity contribution in [2.24, 2.45) is 5.92 Å². The van der Waals surface area contributed by atoms with Gasteiger partial charge in [0.05, 0.1) is 19.8 Å². The van der Waals surface area contributed by atoms with Gasteiger partial charge in [0.1, 0.15) is 0 Å². The summed E-state index contributed by atoms with van der Waals surface area (Å²) in [4.78, 5) is 12.4. The standard InChI is InChI=1S/C16H24N2O3/c1-11-6-5-9-17-13(11)10-18-16(19)12-7-4-8-14(20-2)15(12)21-3/h4,7-8,11,13,17H,5-6,9-10H2,1-3H3,(H,18,19). The van der Waals surface area contributed by atoms with Crippen LogP contribution in [-0.4, -0.2) is 39.3 Å². The van der Waals surface area contributed by atoms with Crippen LogP contribution in [0, 0.1) is 5.92 Å². The molecule has 1 saturated heterocycles. The zero-order valence-corrected chi connectivity index (χ0v) is 12.9. The van der Waals surface area contributed by atoms with Crippen LogP contribution in [0.5, 0.6) is 11.5 Å². The molecule has 1 fully saturated rings. The van der Waals surface area contributed by atoms with E-state index in [9.17, 15) is 4.79 Å². The summed E-state index contributed by atoms with van der Waals surface area (Å²) in [6.45, 7) is 3.86. The molecule has 1 amide bonds. The van der Waals surface area contributed by atoms with E-state index in [0.717, 1.165) is 6.54 Å². The molecule has 1 aliphatic heterocycles. The molecule has 0 bridgehead atoms. The van der Waals surface area contributed by atoms with Crippen LogP contribution >= 0.6 is 0 Å². The first-order valence-electron chi connectivity index (χ1n) is 7.40. The van der Waals surface area contributed by atoms with Crippen LogP contribution in [0.1, 0.15) is 30.1 Å². The summed E-state index contributed by atoms with van der Waals surface area (Å²) >= 11 is 0. The predicted octanol–water partition coefficient (Wildman–Crippen LogP) is 1.82. The first-order valence-corrected chi connectivity index (χ1v) is 7.40. The van der Waals surface area contributed by atoms with Crippen LogP contribution in [-0.2, 0) is 0 Å². The van der Waals surface area contributed by atoms with Crippen LogP contribution in [0.25, 0.3) is 0 Å². The molecule has 2 N–H and O–H groups in total. The topological polar surface area (TPSA) is 59.6 Å². The smallest absolute Gasteiger partial charge is 0.255 e. The molecule has 21 heavy (non-hydrogen) atoms. The van der Waals surface area contributed by atoms with Crippen LogP contribution in [0.4, 0.5) is 0 Å². The molecule has 0 aromatic heterocycles. The number of rotatable bonds is 5. The second kappa shape index (κ2) is 7.31. The van der Waals surface area contributed by atoms with E-state index in [1.807, 2.05) is 0 Å². The number of ether oxygens (including phenoxy) is 2. The van der Waals surface area contributed by atoms with Gasteiger partial charge in [-0.25, -0.2) is 0 Å². The van der Waals surface area contributed by atoms with E-state index in [1.54, 1.807) is 32.4 Å². The van der Waals surface area contributed by atoms with Gasteiger partial charge in [0, 0.05) is 12.6 Å². The van der Waals surface area contributed by atoms with E-state index in [4.69, 9.17) is 9.47 Å². The van der Waals surface area contributed by atoms with Crippen LogP contribution < -0.4 is 20.1 Å². The van der Waals surface area contributed by atoms with Crippen molar-refractivity contribution in [3.8, 4) is 11.5 Å². The average Bonchev–Trinajstić information content (AvgIpc) is 2.52. The number of carbonyl (C=O) groups excluding carboxylic acids is 1. The van der Waals surface area contributed by atoms with Gasteiger partial charge in [0.25, 0.3) is 5.91 Å². The molecule has 0 spiro atoms. The SMILES string of the molecule is COc1cccc(C(=O)NCC2NCCCC2C)c1OC. The number of benzene rings is 1. The van der Waals surface area contributed by atoms with Crippen molar-refractivity contribution in [1.29, 1.82) is 0 Å². The quantitative estimate of drug-likeness (QED) is 0.869. The molecule has 1 aliphatic rings. The summed E-state index contributed by atoms with van der Waals surface area (Å²) in [7, 11) is 3.10. The lowest BCUT2D eigenvalue weighted by Gasteiger charge is -2.30. The van der Waals surface area contributed by atoms with Gasteiger partial charge in [-0.05, 0) is 37.4 Å². The lowest BCUT2D eigenvalue weighted by molar-refractivity contribution is 0.0940. The fourth-order valence-electron chi connectivity index (χ4n) is 2.75. The highest BCUT2D eigenvalue weighted by atomic mass is 16.5. The summed E-state index contributed by atoms with van der Waals surface area (Å²) in [5.74, 6) is 1.48. The summed E-state index contributed by atoms with van der Waals surface area (Å²) in [5, 5.41) is 6.44. The molecule has 1 heterocycles. The molecular weight excluding hydrogens is 268 g/mol. The molecule has 0 radical (unpaired) electrons. The van der Waals surface area contributed by atoms with Crippen LogP contribution in [0.2, 0.25) is 0 Å². The van der Waals surface area contributed by atoms with Gasteiger partial charge in [0.2, 0.25) is 0 Å². The van der Waals surface area contributed by atoms with E-state index >= 15 is 0 Å². The third-order valence-electron chi connectivity index (χ3n) is 4.06. The average molecular weight is 292 g/mol. The van der Waals surface area contributed by atoms with Crippen molar-refractivity contribution < 1.29 is 14.3 Å². The lowest BCUT2D eigenvalue weighted by atomic mass is 9.93. The van der Waals surface area contributed by atoms with Crippen molar-refractivity contribution in [3.63, 3.8) is 0 Å². The molecule has 2 rings (SSSR count). The summed E-state index contributed by atoms with van der Waals surface area (Å²) in [6, 6.07) is 5.64. The van der Waals surface area contributed by atoms with Crippen molar-refractivity contribution in [1.82, 2.24) is 10.6 Å². The summed E-state index contributed by atoms with van der Waals surface area (Å²) in [6.07, 6.45) is 2.41. The number of nitrogens with one attached hydrogen (secondary N) is 2. The number of methoxy groups -OCH3 is 2. The molecular formula is C16H24N2O3. The van der Waals surface area contributed by atoms with Crippen molar-refractivity contribution >= 4 is 5.91 Å². The maximum atomic E-state index is 12.4. The molecule has 2 unspecified atom stereocenters. The van der Waals surface area contributed by atoms with Gasteiger partial charge in [-0.1, -0.05) is 13.0 Å². The van der Waals surface area contributed by atoms with Crippen molar-refractivity contribution in [2.45, 2.75) is 25.8 Å². The molecule has 0 aliphatic carbocycles. The van der Waals surface area contributed by atoms with Gasteiger partial charge in [0.15, 0.2) is 11.5 Å². The van der Waals surface area contributed by atoms with Gasteiger partial charge in [-0.2, -0.15) is 0 Å².